The summed E-state index contributed by atoms with van der Waals surface area (Å²) >= 11 is 3.59. The van der Waals surface area contributed by atoms with E-state index in [2.05, 4.69) is 52.2 Å². The van der Waals surface area contributed by atoms with Gasteiger partial charge in [0.05, 0.1) is 17.9 Å². The first-order valence-corrected chi connectivity index (χ1v) is 6.36. The lowest BCUT2D eigenvalue weighted by molar-refractivity contribution is 1.04. The van der Waals surface area contributed by atoms with Crippen molar-refractivity contribution in [2.24, 2.45) is 0 Å². The van der Waals surface area contributed by atoms with E-state index in [1.165, 1.54) is 11.1 Å². The molecule has 0 fully saturated rings. The first-order chi connectivity index (χ1) is 8.16. The van der Waals surface area contributed by atoms with E-state index in [0.717, 1.165) is 22.4 Å². The summed E-state index contributed by atoms with van der Waals surface area (Å²) in [5.74, 6) is 0. The van der Waals surface area contributed by atoms with E-state index in [1.54, 1.807) is 0 Å². The minimum Gasteiger partial charge on any atom is -0.378 e. The Morgan fingerprint density at radius 3 is 2.71 bits per heavy atom. The topological polar surface area (TPSA) is 24.9 Å². The number of hydrogen-bond acceptors (Lipinski definition) is 2. The summed E-state index contributed by atoms with van der Waals surface area (Å²) in [5, 5.41) is 3.42. The van der Waals surface area contributed by atoms with Gasteiger partial charge in [-0.25, -0.2) is 0 Å². The monoisotopic (exact) mass is 290 g/mol. The Bertz CT molecular complexity index is 486. The number of nitrogens with zero attached hydrogens (tertiary/aromatic N) is 1. The quantitative estimate of drug-likeness (QED) is 0.922. The number of aryl methyl sites for hydroxylation is 2. The second-order valence-electron chi connectivity index (χ2n) is 4.11. The Kier molecular flexibility index (Phi) is 3.79. The van der Waals surface area contributed by atoms with Gasteiger partial charge in [0.15, 0.2) is 0 Å². The maximum atomic E-state index is 4.29. The van der Waals surface area contributed by atoms with Crippen LogP contribution in [0.5, 0.6) is 0 Å². The van der Waals surface area contributed by atoms with E-state index in [4.69, 9.17) is 0 Å². The van der Waals surface area contributed by atoms with Gasteiger partial charge < -0.3 is 5.32 Å². The highest BCUT2D eigenvalue weighted by atomic mass is 79.9. The molecule has 0 aliphatic carbocycles. The zero-order chi connectivity index (χ0) is 12.3. The third kappa shape index (κ3) is 3.07. The fourth-order valence-corrected chi connectivity index (χ4v) is 2.64. The number of halogens is 1. The molecule has 0 bridgehead atoms. The lowest BCUT2D eigenvalue weighted by Crippen LogP contribution is -2.03. The molecule has 2 rings (SSSR count). The summed E-state index contributed by atoms with van der Waals surface area (Å²) in [6.45, 7) is 4.95. The summed E-state index contributed by atoms with van der Waals surface area (Å²) in [6.07, 6.45) is 1.81. The minimum atomic E-state index is 0.739. The van der Waals surface area contributed by atoms with Crippen LogP contribution in [0.15, 0.2) is 41.0 Å². The molecular weight excluding hydrogens is 276 g/mol. The molecule has 0 spiro atoms. The maximum absolute atomic E-state index is 4.29. The van der Waals surface area contributed by atoms with Crippen LogP contribution in [0.2, 0.25) is 0 Å². The average molecular weight is 291 g/mol. The number of rotatable bonds is 3. The summed E-state index contributed by atoms with van der Waals surface area (Å²) in [4.78, 5) is 4.29. The van der Waals surface area contributed by atoms with Gasteiger partial charge >= 0.3 is 0 Å². The van der Waals surface area contributed by atoms with Crippen molar-refractivity contribution in [1.29, 1.82) is 0 Å². The molecule has 0 radical (unpaired) electrons. The minimum absolute atomic E-state index is 0.739. The second-order valence-corrected chi connectivity index (χ2v) is 4.97. The van der Waals surface area contributed by atoms with Gasteiger partial charge in [-0.3, -0.25) is 4.98 Å². The lowest BCUT2D eigenvalue weighted by Gasteiger charge is -2.12. The molecule has 1 aromatic heterocycles. The van der Waals surface area contributed by atoms with Gasteiger partial charge in [0.2, 0.25) is 0 Å². The van der Waals surface area contributed by atoms with E-state index in [1.807, 2.05) is 24.4 Å². The number of hydrogen-bond donors (Lipinski definition) is 1. The van der Waals surface area contributed by atoms with Crippen molar-refractivity contribution in [3.8, 4) is 0 Å². The number of aromatic nitrogens is 1. The number of benzene rings is 1. The van der Waals surface area contributed by atoms with Crippen molar-refractivity contribution in [2.75, 3.05) is 5.32 Å². The van der Waals surface area contributed by atoms with Gasteiger partial charge in [-0.15, -0.1) is 0 Å². The van der Waals surface area contributed by atoms with Crippen molar-refractivity contribution in [3.05, 3.63) is 57.8 Å². The van der Waals surface area contributed by atoms with Crippen LogP contribution in [0.3, 0.4) is 0 Å². The van der Waals surface area contributed by atoms with Gasteiger partial charge in [0.25, 0.3) is 0 Å². The summed E-state index contributed by atoms with van der Waals surface area (Å²) < 4.78 is 1.10. The Balaban J connectivity index is 2.15. The molecule has 3 heteroatoms. The van der Waals surface area contributed by atoms with Gasteiger partial charge in [-0.1, -0.05) is 12.1 Å². The standard InChI is InChI=1S/C14H15BrN2/c1-10-7-11(2)14(13(15)8-10)17-9-12-5-3-4-6-16-12/h3-8,17H,9H2,1-2H3. The van der Waals surface area contributed by atoms with Crippen molar-refractivity contribution in [3.63, 3.8) is 0 Å². The average Bonchev–Trinajstić information content (AvgIpc) is 2.29. The van der Waals surface area contributed by atoms with Crippen LogP contribution in [-0.4, -0.2) is 4.98 Å². The van der Waals surface area contributed by atoms with Crippen LogP contribution in [0.4, 0.5) is 5.69 Å². The third-order valence-electron chi connectivity index (χ3n) is 2.60. The fraction of sp³-hybridized carbons (Fsp3) is 0.214. The van der Waals surface area contributed by atoms with E-state index in [0.29, 0.717) is 0 Å². The van der Waals surface area contributed by atoms with Gasteiger partial charge in [0.1, 0.15) is 0 Å². The van der Waals surface area contributed by atoms with E-state index in [-0.39, 0.29) is 0 Å². The predicted octanol–water partition coefficient (Wildman–Crippen LogP) is 4.07. The van der Waals surface area contributed by atoms with Crippen molar-refractivity contribution in [1.82, 2.24) is 4.98 Å². The fourth-order valence-electron chi connectivity index (χ4n) is 1.82. The van der Waals surface area contributed by atoms with Gasteiger partial charge in [0, 0.05) is 10.7 Å². The van der Waals surface area contributed by atoms with E-state index < -0.39 is 0 Å². The largest absolute Gasteiger partial charge is 0.378 e. The predicted molar refractivity (Wildman–Crippen MR) is 75.2 cm³/mol. The van der Waals surface area contributed by atoms with Crippen LogP contribution < -0.4 is 5.32 Å². The van der Waals surface area contributed by atoms with Crippen LogP contribution >= 0.6 is 15.9 Å². The van der Waals surface area contributed by atoms with E-state index in [9.17, 15) is 0 Å². The third-order valence-corrected chi connectivity index (χ3v) is 3.23. The number of anilines is 1. The molecule has 2 nitrogen and oxygen atoms in total. The Morgan fingerprint density at radius 1 is 1.24 bits per heavy atom. The van der Waals surface area contributed by atoms with Crippen molar-refractivity contribution < 1.29 is 0 Å². The molecule has 17 heavy (non-hydrogen) atoms. The molecule has 0 unspecified atom stereocenters. The molecule has 2 aromatic rings. The molecule has 0 aliphatic heterocycles. The van der Waals surface area contributed by atoms with Gasteiger partial charge in [-0.05, 0) is 59.1 Å². The molecule has 0 saturated heterocycles. The van der Waals surface area contributed by atoms with Crippen LogP contribution in [0.1, 0.15) is 16.8 Å². The Morgan fingerprint density at radius 2 is 2.06 bits per heavy atom. The summed E-state index contributed by atoms with van der Waals surface area (Å²) in [6, 6.07) is 10.2. The summed E-state index contributed by atoms with van der Waals surface area (Å²) in [5.41, 5.74) is 4.69. The summed E-state index contributed by atoms with van der Waals surface area (Å²) in [7, 11) is 0. The molecule has 1 N–H and O–H groups in total. The van der Waals surface area contributed by atoms with Crippen molar-refractivity contribution in [2.45, 2.75) is 20.4 Å². The second kappa shape index (κ2) is 5.32. The smallest absolute Gasteiger partial charge is 0.0594 e. The van der Waals surface area contributed by atoms with Crippen LogP contribution in [0, 0.1) is 13.8 Å². The van der Waals surface area contributed by atoms with E-state index >= 15 is 0 Å². The first kappa shape index (κ1) is 12.1. The van der Waals surface area contributed by atoms with Crippen molar-refractivity contribution >= 4 is 21.6 Å². The molecule has 0 atom stereocenters. The van der Waals surface area contributed by atoms with Crippen LogP contribution in [0.25, 0.3) is 0 Å². The van der Waals surface area contributed by atoms with Crippen LogP contribution in [-0.2, 0) is 6.54 Å². The van der Waals surface area contributed by atoms with Gasteiger partial charge in [-0.2, -0.15) is 0 Å². The molecule has 1 aromatic carbocycles. The highest BCUT2D eigenvalue weighted by molar-refractivity contribution is 9.10. The lowest BCUT2D eigenvalue weighted by atomic mass is 10.1. The highest BCUT2D eigenvalue weighted by Crippen LogP contribution is 2.28. The molecule has 0 aliphatic rings. The zero-order valence-electron chi connectivity index (χ0n) is 10.00. The Labute approximate surface area is 110 Å². The SMILES string of the molecule is Cc1cc(C)c(NCc2ccccn2)c(Br)c1. The zero-order valence-corrected chi connectivity index (χ0v) is 11.6. The number of pyridine rings is 1. The molecule has 0 amide bonds. The molecular formula is C14H15BrN2. The molecule has 1 heterocycles. The highest BCUT2D eigenvalue weighted by Gasteiger charge is 2.04. The molecule has 88 valence electrons. The normalized spacial score (nSPS) is 10.3. The maximum Gasteiger partial charge on any atom is 0.0594 e. The molecule has 0 saturated carbocycles. The number of nitrogens with one attached hydrogen (secondary N) is 1. The Hall–Kier alpha value is -1.35. The first-order valence-electron chi connectivity index (χ1n) is 5.57.